The summed E-state index contributed by atoms with van der Waals surface area (Å²) in [7, 11) is 0. The first kappa shape index (κ1) is 16.1. The molecule has 6 heteroatoms. The average Bonchev–Trinajstić information content (AvgIpc) is 3.25. The number of hydrogen-bond acceptors (Lipinski definition) is 3. The summed E-state index contributed by atoms with van der Waals surface area (Å²) >= 11 is 0. The number of aromatic nitrogens is 4. The lowest BCUT2D eigenvalue weighted by Crippen LogP contribution is -2.13. The Kier molecular flexibility index (Phi) is 4.01. The van der Waals surface area contributed by atoms with E-state index in [1.807, 2.05) is 62.4 Å². The number of fused-ring (bicyclic) bond motifs is 1. The van der Waals surface area contributed by atoms with Gasteiger partial charge in [0.2, 0.25) is 0 Å². The third-order valence-corrected chi connectivity index (χ3v) is 4.30. The Morgan fingerprint density at radius 3 is 2.77 bits per heavy atom. The summed E-state index contributed by atoms with van der Waals surface area (Å²) in [5.41, 5.74) is 4.90. The maximum atomic E-state index is 12.5. The minimum atomic E-state index is -0.220. The summed E-state index contributed by atoms with van der Waals surface area (Å²) in [6.07, 6.45) is 0. The Bertz CT molecular complexity index is 1060. The second-order valence-corrected chi connectivity index (χ2v) is 6.12. The van der Waals surface area contributed by atoms with Gasteiger partial charge < -0.3 is 10.3 Å². The normalized spacial score (nSPS) is 11.0. The molecule has 0 spiro atoms. The maximum Gasteiger partial charge on any atom is 0.276 e. The van der Waals surface area contributed by atoms with Crippen molar-refractivity contribution in [3.8, 4) is 11.4 Å². The van der Waals surface area contributed by atoms with Crippen molar-refractivity contribution in [1.82, 2.24) is 19.7 Å². The lowest BCUT2D eigenvalue weighted by molar-refractivity contribution is 0.102. The van der Waals surface area contributed by atoms with Crippen LogP contribution in [0.1, 0.15) is 23.1 Å². The first-order valence-corrected chi connectivity index (χ1v) is 8.55. The fraction of sp³-hybridized carbons (Fsp3) is 0.150. The number of H-pyrrole nitrogens is 1. The molecule has 0 atom stereocenters. The van der Waals surface area contributed by atoms with Gasteiger partial charge in [0.05, 0.1) is 11.0 Å². The number of carbonyl (C=O) groups is 1. The van der Waals surface area contributed by atoms with Crippen molar-refractivity contribution in [3.63, 3.8) is 0 Å². The molecule has 0 radical (unpaired) electrons. The van der Waals surface area contributed by atoms with Crippen LogP contribution >= 0.6 is 0 Å². The largest absolute Gasteiger partial charge is 0.338 e. The Hall–Kier alpha value is -3.41. The van der Waals surface area contributed by atoms with Crippen LogP contribution in [-0.2, 0) is 6.54 Å². The standard InChI is InChI=1S/C20H19N5O/c1-3-25-13(2)11-18(24-25)20(26)21-15-8-6-7-14(12-15)19-22-16-9-4-5-10-17(16)23-19/h4-12H,3H2,1-2H3,(H,21,26)(H,22,23). The molecule has 130 valence electrons. The molecule has 0 unspecified atom stereocenters. The van der Waals surface area contributed by atoms with Gasteiger partial charge in [-0.1, -0.05) is 24.3 Å². The number of imidazole rings is 1. The number of aromatic amines is 1. The highest BCUT2D eigenvalue weighted by Gasteiger charge is 2.13. The first-order valence-electron chi connectivity index (χ1n) is 8.55. The summed E-state index contributed by atoms with van der Waals surface area (Å²) in [6, 6.07) is 17.3. The molecule has 1 amide bonds. The van der Waals surface area contributed by atoms with Crippen molar-refractivity contribution < 1.29 is 4.79 Å². The molecule has 0 aliphatic heterocycles. The van der Waals surface area contributed by atoms with Gasteiger partial charge in [0.15, 0.2) is 5.69 Å². The van der Waals surface area contributed by atoms with Crippen LogP contribution in [-0.4, -0.2) is 25.7 Å². The SMILES string of the molecule is CCn1nc(C(=O)Nc2cccc(-c3nc4ccccc4[nH]3)c2)cc1C. The third kappa shape index (κ3) is 2.97. The molecule has 0 saturated heterocycles. The average molecular weight is 345 g/mol. The summed E-state index contributed by atoms with van der Waals surface area (Å²) in [5.74, 6) is 0.551. The minimum Gasteiger partial charge on any atom is -0.338 e. The van der Waals surface area contributed by atoms with Gasteiger partial charge in [-0.05, 0) is 44.2 Å². The maximum absolute atomic E-state index is 12.5. The van der Waals surface area contributed by atoms with Crippen LogP contribution in [0.4, 0.5) is 5.69 Å². The molecule has 4 rings (SSSR count). The van der Waals surface area contributed by atoms with Crippen LogP contribution in [0.5, 0.6) is 0 Å². The molecule has 0 aliphatic carbocycles. The first-order chi connectivity index (χ1) is 12.6. The monoisotopic (exact) mass is 345 g/mol. The molecule has 0 saturated carbocycles. The molecular weight excluding hydrogens is 326 g/mol. The Labute approximate surface area is 150 Å². The Morgan fingerprint density at radius 2 is 2.00 bits per heavy atom. The number of aryl methyl sites for hydroxylation is 2. The van der Waals surface area contributed by atoms with Gasteiger partial charge in [-0.25, -0.2) is 4.98 Å². The van der Waals surface area contributed by atoms with E-state index >= 15 is 0 Å². The number of amides is 1. The molecule has 0 aliphatic rings. The van der Waals surface area contributed by atoms with Crippen LogP contribution in [0.25, 0.3) is 22.4 Å². The molecule has 26 heavy (non-hydrogen) atoms. The zero-order valence-electron chi connectivity index (χ0n) is 14.7. The fourth-order valence-electron chi connectivity index (χ4n) is 2.97. The number of nitrogens with zero attached hydrogens (tertiary/aromatic N) is 3. The molecule has 6 nitrogen and oxygen atoms in total. The number of hydrogen-bond donors (Lipinski definition) is 2. The molecule has 2 aromatic heterocycles. The van der Waals surface area contributed by atoms with Gasteiger partial charge in [0.1, 0.15) is 5.82 Å². The topological polar surface area (TPSA) is 75.6 Å². The van der Waals surface area contributed by atoms with Gasteiger partial charge >= 0.3 is 0 Å². The Morgan fingerprint density at radius 1 is 1.15 bits per heavy atom. The minimum absolute atomic E-state index is 0.220. The van der Waals surface area contributed by atoms with Gasteiger partial charge in [-0.2, -0.15) is 5.10 Å². The zero-order valence-corrected chi connectivity index (χ0v) is 14.7. The van der Waals surface area contributed by atoms with E-state index in [4.69, 9.17) is 0 Å². The van der Waals surface area contributed by atoms with Gasteiger partial charge in [-0.15, -0.1) is 0 Å². The Balaban J connectivity index is 1.60. The number of benzene rings is 2. The van der Waals surface area contributed by atoms with Crippen LogP contribution < -0.4 is 5.32 Å². The third-order valence-electron chi connectivity index (χ3n) is 4.30. The fourth-order valence-corrected chi connectivity index (χ4v) is 2.97. The highest BCUT2D eigenvalue weighted by atomic mass is 16.1. The zero-order chi connectivity index (χ0) is 18.1. The van der Waals surface area contributed by atoms with Crippen molar-refractivity contribution in [2.24, 2.45) is 0 Å². The van der Waals surface area contributed by atoms with Gasteiger partial charge in [-0.3, -0.25) is 9.48 Å². The molecular formula is C20H19N5O. The highest BCUT2D eigenvalue weighted by Crippen LogP contribution is 2.23. The van der Waals surface area contributed by atoms with E-state index in [2.05, 4.69) is 20.4 Å². The summed E-state index contributed by atoms with van der Waals surface area (Å²) < 4.78 is 1.81. The van der Waals surface area contributed by atoms with Crippen molar-refractivity contribution in [2.75, 3.05) is 5.32 Å². The second-order valence-electron chi connectivity index (χ2n) is 6.12. The van der Waals surface area contributed by atoms with E-state index in [-0.39, 0.29) is 5.91 Å². The van der Waals surface area contributed by atoms with E-state index in [0.29, 0.717) is 11.4 Å². The van der Waals surface area contributed by atoms with Crippen molar-refractivity contribution >= 4 is 22.6 Å². The molecule has 2 aromatic carbocycles. The second kappa shape index (κ2) is 6.48. The van der Waals surface area contributed by atoms with E-state index in [9.17, 15) is 4.79 Å². The summed E-state index contributed by atoms with van der Waals surface area (Å²) in [6.45, 7) is 4.68. The van der Waals surface area contributed by atoms with Crippen molar-refractivity contribution in [1.29, 1.82) is 0 Å². The van der Waals surface area contributed by atoms with Crippen molar-refractivity contribution in [3.05, 3.63) is 66.0 Å². The molecule has 4 aromatic rings. The summed E-state index contributed by atoms with van der Waals surface area (Å²) in [5, 5.41) is 7.23. The van der Waals surface area contributed by atoms with E-state index < -0.39 is 0 Å². The number of anilines is 1. The highest BCUT2D eigenvalue weighted by molar-refractivity contribution is 6.03. The lowest BCUT2D eigenvalue weighted by atomic mass is 10.2. The predicted octanol–water partition coefficient (Wildman–Crippen LogP) is 4.01. The van der Waals surface area contributed by atoms with E-state index in [1.165, 1.54) is 0 Å². The smallest absolute Gasteiger partial charge is 0.276 e. The van der Waals surface area contributed by atoms with Crippen LogP contribution in [0, 0.1) is 6.92 Å². The number of nitrogens with one attached hydrogen (secondary N) is 2. The van der Waals surface area contributed by atoms with Crippen LogP contribution in [0.2, 0.25) is 0 Å². The van der Waals surface area contributed by atoms with E-state index in [1.54, 1.807) is 10.7 Å². The molecule has 0 fully saturated rings. The predicted molar refractivity (Wildman–Crippen MR) is 102 cm³/mol. The molecule has 0 bridgehead atoms. The molecule has 2 N–H and O–H groups in total. The number of para-hydroxylation sites is 2. The number of rotatable bonds is 4. The van der Waals surface area contributed by atoms with Gasteiger partial charge in [0, 0.05) is 23.5 Å². The van der Waals surface area contributed by atoms with Crippen LogP contribution in [0.15, 0.2) is 54.6 Å². The molecule has 2 heterocycles. The lowest BCUT2D eigenvalue weighted by Gasteiger charge is -2.05. The quantitative estimate of drug-likeness (QED) is 0.587. The van der Waals surface area contributed by atoms with E-state index in [0.717, 1.165) is 34.7 Å². The number of carbonyl (C=O) groups excluding carboxylic acids is 1. The van der Waals surface area contributed by atoms with Crippen molar-refractivity contribution in [2.45, 2.75) is 20.4 Å². The van der Waals surface area contributed by atoms with Gasteiger partial charge in [0.25, 0.3) is 5.91 Å². The summed E-state index contributed by atoms with van der Waals surface area (Å²) in [4.78, 5) is 20.4. The van der Waals surface area contributed by atoms with Crippen LogP contribution in [0.3, 0.4) is 0 Å².